The van der Waals surface area contributed by atoms with E-state index in [0.717, 1.165) is 49.1 Å². The summed E-state index contributed by atoms with van der Waals surface area (Å²) in [7, 11) is 1.63. The summed E-state index contributed by atoms with van der Waals surface area (Å²) in [5.41, 5.74) is 1.07. The largest absolute Gasteiger partial charge is 0.497 e. The highest BCUT2D eigenvalue weighted by molar-refractivity contribution is 7.99. The van der Waals surface area contributed by atoms with Crippen LogP contribution in [0.4, 0.5) is 15.8 Å². The lowest BCUT2D eigenvalue weighted by atomic mass is 10.0. The fraction of sp³-hybridized carbons (Fsp3) is 0.240. The van der Waals surface area contributed by atoms with Crippen LogP contribution in [0.2, 0.25) is 0 Å². The molecule has 176 valence electrons. The van der Waals surface area contributed by atoms with E-state index in [1.54, 1.807) is 25.3 Å². The number of non-ortho nitro benzene ring substituents is 1. The standard InChI is InChI=1S/C25H24FN3O4S/c1-33-20-9-6-18(7-10-20)28-14-12-17(13-15-28)27-25(30)21-16-19(29(31)32)8-11-23(21)34-24-5-3-2-4-22(24)26/h2-11,16-17H,12-15H2,1H3,(H,27,30). The summed E-state index contributed by atoms with van der Waals surface area (Å²) in [4.78, 5) is 26.9. The average Bonchev–Trinajstić information content (AvgIpc) is 2.86. The van der Waals surface area contributed by atoms with Crippen LogP contribution in [0.25, 0.3) is 0 Å². The summed E-state index contributed by atoms with van der Waals surface area (Å²) in [6.07, 6.45) is 1.48. The predicted molar refractivity (Wildman–Crippen MR) is 129 cm³/mol. The number of anilines is 1. The Bertz CT molecular complexity index is 1180. The molecule has 0 atom stereocenters. The van der Waals surface area contributed by atoms with Crippen LogP contribution in [0.5, 0.6) is 5.75 Å². The number of benzene rings is 3. The van der Waals surface area contributed by atoms with Crippen molar-refractivity contribution in [2.45, 2.75) is 28.7 Å². The molecule has 3 aromatic carbocycles. The number of amides is 1. The van der Waals surface area contributed by atoms with Gasteiger partial charge in [-0.1, -0.05) is 23.9 Å². The monoisotopic (exact) mass is 481 g/mol. The Morgan fingerprint density at radius 3 is 2.44 bits per heavy atom. The van der Waals surface area contributed by atoms with Crippen molar-refractivity contribution in [1.82, 2.24) is 5.32 Å². The minimum absolute atomic E-state index is 0.0624. The summed E-state index contributed by atoms with van der Waals surface area (Å²) < 4.78 is 19.4. The van der Waals surface area contributed by atoms with Crippen molar-refractivity contribution < 1.29 is 18.8 Å². The molecule has 1 aliphatic heterocycles. The number of nitro benzene ring substituents is 1. The van der Waals surface area contributed by atoms with Gasteiger partial charge in [0.25, 0.3) is 11.6 Å². The second-order valence-electron chi connectivity index (χ2n) is 7.90. The third-order valence-electron chi connectivity index (χ3n) is 5.74. The molecule has 1 N–H and O–H groups in total. The second-order valence-corrected chi connectivity index (χ2v) is 8.99. The summed E-state index contributed by atoms with van der Waals surface area (Å²) in [6.45, 7) is 1.53. The lowest BCUT2D eigenvalue weighted by Crippen LogP contribution is -2.44. The van der Waals surface area contributed by atoms with E-state index in [4.69, 9.17) is 4.74 Å². The molecule has 1 heterocycles. The van der Waals surface area contributed by atoms with Crippen molar-refractivity contribution in [3.8, 4) is 5.75 Å². The molecule has 0 unspecified atom stereocenters. The van der Waals surface area contributed by atoms with E-state index in [1.165, 1.54) is 24.3 Å². The molecule has 1 fully saturated rings. The SMILES string of the molecule is COc1ccc(N2CCC(NC(=O)c3cc([N+](=O)[O-])ccc3Sc3ccccc3F)CC2)cc1. The fourth-order valence-electron chi connectivity index (χ4n) is 3.88. The van der Waals surface area contributed by atoms with E-state index in [0.29, 0.717) is 9.79 Å². The Morgan fingerprint density at radius 2 is 1.79 bits per heavy atom. The van der Waals surface area contributed by atoms with Crippen LogP contribution in [-0.4, -0.2) is 37.1 Å². The molecule has 7 nitrogen and oxygen atoms in total. The first-order chi connectivity index (χ1) is 16.4. The van der Waals surface area contributed by atoms with Gasteiger partial charge in [0.15, 0.2) is 0 Å². The Hall–Kier alpha value is -3.59. The molecule has 34 heavy (non-hydrogen) atoms. The highest BCUT2D eigenvalue weighted by atomic mass is 32.2. The van der Waals surface area contributed by atoms with E-state index >= 15 is 0 Å². The van der Waals surface area contributed by atoms with Crippen molar-refractivity contribution in [2.24, 2.45) is 0 Å². The minimum Gasteiger partial charge on any atom is -0.497 e. The molecule has 1 amide bonds. The number of carbonyl (C=O) groups is 1. The maximum atomic E-state index is 14.2. The van der Waals surface area contributed by atoms with Gasteiger partial charge in [-0.3, -0.25) is 14.9 Å². The van der Waals surface area contributed by atoms with Crippen LogP contribution in [-0.2, 0) is 0 Å². The number of carbonyl (C=O) groups excluding carboxylic acids is 1. The fourth-order valence-corrected chi connectivity index (χ4v) is 4.83. The molecule has 0 aliphatic carbocycles. The number of hydrogen-bond acceptors (Lipinski definition) is 6. The molecular weight excluding hydrogens is 457 g/mol. The van der Waals surface area contributed by atoms with Crippen LogP contribution >= 0.6 is 11.8 Å². The first-order valence-electron chi connectivity index (χ1n) is 10.9. The van der Waals surface area contributed by atoms with Gasteiger partial charge in [-0.05, 0) is 55.3 Å². The first kappa shape index (κ1) is 23.6. The molecular formula is C25H24FN3O4S. The van der Waals surface area contributed by atoms with Crippen LogP contribution in [0.3, 0.4) is 0 Å². The van der Waals surface area contributed by atoms with Crippen LogP contribution in [0.15, 0.2) is 76.5 Å². The van der Waals surface area contributed by atoms with E-state index in [-0.39, 0.29) is 17.3 Å². The Balaban J connectivity index is 1.46. The predicted octanol–water partition coefficient (Wildman–Crippen LogP) is 5.29. The zero-order valence-electron chi connectivity index (χ0n) is 18.6. The normalized spacial score (nSPS) is 14.0. The number of nitrogens with one attached hydrogen (secondary N) is 1. The summed E-state index contributed by atoms with van der Waals surface area (Å²) in [5, 5.41) is 14.3. The zero-order chi connectivity index (χ0) is 24.1. The highest BCUT2D eigenvalue weighted by Crippen LogP contribution is 2.34. The Morgan fingerprint density at radius 1 is 1.09 bits per heavy atom. The van der Waals surface area contributed by atoms with E-state index in [1.807, 2.05) is 24.3 Å². The number of nitro groups is 1. The molecule has 0 radical (unpaired) electrons. The van der Waals surface area contributed by atoms with E-state index < -0.39 is 16.6 Å². The van der Waals surface area contributed by atoms with E-state index in [9.17, 15) is 19.3 Å². The maximum Gasteiger partial charge on any atom is 0.270 e. The molecule has 9 heteroatoms. The van der Waals surface area contributed by atoms with Crippen molar-refractivity contribution in [2.75, 3.05) is 25.1 Å². The number of hydrogen-bond donors (Lipinski definition) is 1. The quantitative estimate of drug-likeness (QED) is 0.365. The number of methoxy groups -OCH3 is 1. The maximum absolute atomic E-state index is 14.2. The van der Waals surface area contributed by atoms with Gasteiger partial charge >= 0.3 is 0 Å². The van der Waals surface area contributed by atoms with Crippen LogP contribution < -0.4 is 15.0 Å². The average molecular weight is 482 g/mol. The van der Waals surface area contributed by atoms with Crippen molar-refractivity contribution in [1.29, 1.82) is 0 Å². The van der Waals surface area contributed by atoms with Gasteiger partial charge in [0.2, 0.25) is 0 Å². The first-order valence-corrected chi connectivity index (χ1v) is 11.7. The molecule has 0 bridgehead atoms. The number of piperidine rings is 1. The molecule has 3 aromatic rings. The van der Waals surface area contributed by atoms with Crippen molar-refractivity contribution in [3.63, 3.8) is 0 Å². The number of halogens is 1. The third kappa shape index (κ3) is 5.48. The van der Waals surface area contributed by atoms with Gasteiger partial charge in [-0.2, -0.15) is 0 Å². The molecule has 4 rings (SSSR count). The summed E-state index contributed by atoms with van der Waals surface area (Å²) in [5.74, 6) is -0.0135. The Labute approximate surface area is 201 Å². The molecule has 0 aromatic heterocycles. The van der Waals surface area contributed by atoms with Crippen molar-refractivity contribution >= 4 is 29.0 Å². The summed E-state index contributed by atoms with van der Waals surface area (Å²) in [6, 6.07) is 18.1. The second kappa shape index (κ2) is 10.6. The molecule has 0 saturated carbocycles. The minimum atomic E-state index is -0.540. The lowest BCUT2D eigenvalue weighted by Gasteiger charge is -2.34. The molecule has 1 saturated heterocycles. The lowest BCUT2D eigenvalue weighted by molar-refractivity contribution is -0.384. The smallest absolute Gasteiger partial charge is 0.270 e. The zero-order valence-corrected chi connectivity index (χ0v) is 19.4. The molecule has 0 spiro atoms. The van der Waals surface area contributed by atoms with Gasteiger partial charge in [0.1, 0.15) is 11.6 Å². The van der Waals surface area contributed by atoms with Gasteiger partial charge < -0.3 is 15.0 Å². The Kier molecular flexibility index (Phi) is 7.32. The highest BCUT2D eigenvalue weighted by Gasteiger charge is 2.24. The number of rotatable bonds is 7. The summed E-state index contributed by atoms with van der Waals surface area (Å²) >= 11 is 1.08. The van der Waals surface area contributed by atoms with Gasteiger partial charge in [-0.15, -0.1) is 0 Å². The van der Waals surface area contributed by atoms with Gasteiger partial charge in [-0.25, -0.2) is 4.39 Å². The number of nitrogens with zero attached hydrogens (tertiary/aromatic N) is 2. The number of ether oxygens (including phenoxy) is 1. The van der Waals surface area contributed by atoms with Crippen LogP contribution in [0.1, 0.15) is 23.2 Å². The van der Waals surface area contributed by atoms with E-state index in [2.05, 4.69) is 10.2 Å². The topological polar surface area (TPSA) is 84.7 Å². The van der Waals surface area contributed by atoms with Gasteiger partial charge in [0, 0.05) is 46.7 Å². The van der Waals surface area contributed by atoms with Gasteiger partial charge in [0.05, 0.1) is 17.6 Å². The van der Waals surface area contributed by atoms with Crippen LogP contribution in [0, 0.1) is 15.9 Å². The van der Waals surface area contributed by atoms with Crippen molar-refractivity contribution in [3.05, 3.63) is 88.2 Å². The molecule has 1 aliphatic rings. The third-order valence-corrected chi connectivity index (χ3v) is 6.87.